The van der Waals surface area contributed by atoms with Gasteiger partial charge in [-0.2, -0.15) is 0 Å². The summed E-state index contributed by atoms with van der Waals surface area (Å²) in [5.41, 5.74) is 2.92. The van der Waals surface area contributed by atoms with Gasteiger partial charge in [-0.05, 0) is 36.2 Å². The smallest absolute Gasteiger partial charge is 0.159 e. The van der Waals surface area contributed by atoms with Crippen LogP contribution in [-0.2, 0) is 0 Å². The number of halogens is 1. The molecule has 80 valence electrons. The topological polar surface area (TPSA) is 17.1 Å². The number of benzene rings is 2. The first kappa shape index (κ1) is 11.1. The predicted molar refractivity (Wildman–Crippen MR) is 69.6 cm³/mol. The molecule has 0 saturated carbocycles. The Morgan fingerprint density at radius 3 is 2.25 bits per heavy atom. The van der Waals surface area contributed by atoms with E-state index in [-0.39, 0.29) is 5.78 Å². The lowest BCUT2D eigenvalue weighted by Crippen LogP contribution is -1.91. The van der Waals surface area contributed by atoms with Crippen LogP contribution in [0.25, 0.3) is 11.1 Å². The van der Waals surface area contributed by atoms with Crippen molar-refractivity contribution in [1.29, 1.82) is 0 Å². The molecule has 0 aromatic heterocycles. The molecule has 0 aliphatic carbocycles. The summed E-state index contributed by atoms with van der Waals surface area (Å²) >= 11 is 3.44. The molecule has 0 N–H and O–H groups in total. The van der Waals surface area contributed by atoms with Crippen LogP contribution in [0.3, 0.4) is 0 Å². The third-order valence-corrected chi connectivity index (χ3v) is 2.92. The Kier molecular flexibility index (Phi) is 3.20. The Bertz CT molecular complexity index is 532. The molecule has 0 bridgehead atoms. The summed E-state index contributed by atoms with van der Waals surface area (Å²) in [7, 11) is 0. The van der Waals surface area contributed by atoms with Crippen LogP contribution in [0.1, 0.15) is 17.3 Å². The van der Waals surface area contributed by atoms with Crippen LogP contribution in [0.4, 0.5) is 0 Å². The SMILES string of the molecule is CC(=O)c1cccc(-c2cccc(Br)c2)c1. The van der Waals surface area contributed by atoms with Crippen LogP contribution in [-0.4, -0.2) is 5.78 Å². The Morgan fingerprint density at radius 1 is 1.00 bits per heavy atom. The van der Waals surface area contributed by atoms with Crippen LogP contribution in [0.2, 0.25) is 0 Å². The number of rotatable bonds is 2. The summed E-state index contributed by atoms with van der Waals surface area (Å²) in [4.78, 5) is 11.3. The lowest BCUT2D eigenvalue weighted by atomic mass is 10.0. The van der Waals surface area contributed by atoms with Crippen molar-refractivity contribution < 1.29 is 4.79 Å². The fourth-order valence-corrected chi connectivity index (χ4v) is 1.99. The van der Waals surface area contributed by atoms with E-state index in [4.69, 9.17) is 0 Å². The molecule has 0 fully saturated rings. The van der Waals surface area contributed by atoms with Gasteiger partial charge in [0.05, 0.1) is 0 Å². The van der Waals surface area contributed by atoms with Gasteiger partial charge in [-0.15, -0.1) is 0 Å². The van der Waals surface area contributed by atoms with E-state index in [0.29, 0.717) is 0 Å². The van der Waals surface area contributed by atoms with Gasteiger partial charge in [-0.3, -0.25) is 4.79 Å². The van der Waals surface area contributed by atoms with Gasteiger partial charge in [-0.1, -0.05) is 46.3 Å². The molecule has 0 unspecified atom stereocenters. The van der Waals surface area contributed by atoms with Gasteiger partial charge in [-0.25, -0.2) is 0 Å². The first-order valence-corrected chi connectivity index (χ1v) is 5.83. The van der Waals surface area contributed by atoms with Crippen LogP contribution < -0.4 is 0 Å². The summed E-state index contributed by atoms with van der Waals surface area (Å²) in [6, 6.07) is 15.7. The van der Waals surface area contributed by atoms with Crippen molar-refractivity contribution in [2.24, 2.45) is 0 Å². The molecular weight excluding hydrogens is 264 g/mol. The van der Waals surface area contributed by atoms with E-state index in [1.807, 2.05) is 48.5 Å². The van der Waals surface area contributed by atoms with Crippen molar-refractivity contribution in [3.63, 3.8) is 0 Å². The molecule has 0 amide bonds. The zero-order valence-electron chi connectivity index (χ0n) is 8.91. The van der Waals surface area contributed by atoms with E-state index in [2.05, 4.69) is 15.9 Å². The van der Waals surface area contributed by atoms with Gasteiger partial charge < -0.3 is 0 Å². The van der Waals surface area contributed by atoms with Gasteiger partial charge >= 0.3 is 0 Å². The normalized spacial score (nSPS) is 10.1. The third kappa shape index (κ3) is 2.39. The number of Topliss-reactive ketones (excluding diaryl/α,β-unsaturated/α-hetero) is 1. The van der Waals surface area contributed by atoms with Crippen molar-refractivity contribution in [3.05, 3.63) is 58.6 Å². The minimum atomic E-state index is 0.0943. The first-order valence-electron chi connectivity index (χ1n) is 5.04. The van der Waals surface area contributed by atoms with E-state index < -0.39 is 0 Å². The number of hydrogen-bond donors (Lipinski definition) is 0. The summed E-state index contributed by atoms with van der Waals surface area (Å²) in [5, 5.41) is 0. The molecule has 0 aliphatic heterocycles. The van der Waals surface area contributed by atoms with Crippen molar-refractivity contribution in [2.45, 2.75) is 6.92 Å². The molecule has 16 heavy (non-hydrogen) atoms. The minimum Gasteiger partial charge on any atom is -0.295 e. The number of carbonyl (C=O) groups excluding carboxylic acids is 1. The second-order valence-corrected chi connectivity index (χ2v) is 4.56. The Labute approximate surface area is 103 Å². The van der Waals surface area contributed by atoms with Crippen LogP contribution in [0.5, 0.6) is 0 Å². The Balaban J connectivity index is 2.48. The lowest BCUT2D eigenvalue weighted by molar-refractivity contribution is 0.101. The highest BCUT2D eigenvalue weighted by Gasteiger charge is 2.02. The third-order valence-electron chi connectivity index (χ3n) is 2.43. The number of ketones is 1. The standard InChI is InChI=1S/C14H11BrO/c1-10(16)11-4-2-5-12(8-11)13-6-3-7-14(15)9-13/h2-9H,1H3. The summed E-state index contributed by atoms with van der Waals surface area (Å²) in [6.07, 6.45) is 0. The van der Waals surface area contributed by atoms with Gasteiger partial charge in [0.25, 0.3) is 0 Å². The molecule has 2 aromatic rings. The molecule has 0 saturated heterocycles. The second-order valence-electron chi connectivity index (χ2n) is 3.65. The molecule has 0 aliphatic rings. The second kappa shape index (κ2) is 4.62. The quantitative estimate of drug-likeness (QED) is 0.746. The summed E-state index contributed by atoms with van der Waals surface area (Å²) < 4.78 is 1.04. The zero-order valence-corrected chi connectivity index (χ0v) is 10.5. The van der Waals surface area contributed by atoms with Crippen molar-refractivity contribution in [3.8, 4) is 11.1 Å². The zero-order chi connectivity index (χ0) is 11.5. The first-order chi connectivity index (χ1) is 7.66. The number of hydrogen-bond acceptors (Lipinski definition) is 1. The van der Waals surface area contributed by atoms with Gasteiger partial charge in [0, 0.05) is 10.0 Å². The lowest BCUT2D eigenvalue weighted by Gasteiger charge is -2.04. The predicted octanol–water partition coefficient (Wildman–Crippen LogP) is 4.32. The molecule has 0 heterocycles. The monoisotopic (exact) mass is 274 g/mol. The average Bonchev–Trinajstić information content (AvgIpc) is 2.29. The van der Waals surface area contributed by atoms with Gasteiger partial charge in [0.1, 0.15) is 0 Å². The van der Waals surface area contributed by atoms with E-state index in [1.165, 1.54) is 0 Å². The van der Waals surface area contributed by atoms with Crippen LogP contribution in [0.15, 0.2) is 53.0 Å². The Hall–Kier alpha value is -1.41. The average molecular weight is 275 g/mol. The van der Waals surface area contributed by atoms with E-state index in [1.54, 1.807) is 6.92 Å². The summed E-state index contributed by atoms with van der Waals surface area (Å²) in [5.74, 6) is 0.0943. The van der Waals surface area contributed by atoms with Crippen LogP contribution in [0, 0.1) is 0 Å². The van der Waals surface area contributed by atoms with Gasteiger partial charge in [0.15, 0.2) is 5.78 Å². The molecular formula is C14H11BrO. The maximum atomic E-state index is 11.3. The number of carbonyl (C=O) groups is 1. The highest BCUT2D eigenvalue weighted by molar-refractivity contribution is 9.10. The molecule has 0 spiro atoms. The van der Waals surface area contributed by atoms with E-state index in [9.17, 15) is 4.79 Å². The fraction of sp³-hybridized carbons (Fsp3) is 0.0714. The maximum absolute atomic E-state index is 11.3. The molecule has 2 heteroatoms. The highest BCUT2D eigenvalue weighted by Crippen LogP contribution is 2.23. The largest absolute Gasteiger partial charge is 0.295 e. The fourth-order valence-electron chi connectivity index (χ4n) is 1.59. The van der Waals surface area contributed by atoms with Crippen molar-refractivity contribution in [1.82, 2.24) is 0 Å². The summed E-state index contributed by atoms with van der Waals surface area (Å²) in [6.45, 7) is 1.58. The molecule has 1 nitrogen and oxygen atoms in total. The van der Waals surface area contributed by atoms with Crippen molar-refractivity contribution >= 4 is 21.7 Å². The Morgan fingerprint density at radius 2 is 1.62 bits per heavy atom. The molecule has 0 radical (unpaired) electrons. The highest BCUT2D eigenvalue weighted by atomic mass is 79.9. The van der Waals surface area contributed by atoms with Gasteiger partial charge in [0.2, 0.25) is 0 Å². The van der Waals surface area contributed by atoms with Crippen molar-refractivity contribution in [2.75, 3.05) is 0 Å². The van der Waals surface area contributed by atoms with E-state index >= 15 is 0 Å². The molecule has 2 rings (SSSR count). The van der Waals surface area contributed by atoms with E-state index in [0.717, 1.165) is 21.2 Å². The van der Waals surface area contributed by atoms with Crippen LogP contribution >= 0.6 is 15.9 Å². The molecule has 2 aromatic carbocycles. The maximum Gasteiger partial charge on any atom is 0.159 e. The minimum absolute atomic E-state index is 0.0943. The molecule has 0 atom stereocenters.